The van der Waals surface area contributed by atoms with Gasteiger partial charge in [-0.2, -0.15) is 0 Å². The van der Waals surface area contributed by atoms with Crippen molar-refractivity contribution in [3.63, 3.8) is 0 Å². The van der Waals surface area contributed by atoms with Gasteiger partial charge in [0.25, 0.3) is 0 Å². The summed E-state index contributed by atoms with van der Waals surface area (Å²) in [5.41, 5.74) is 2.78. The van der Waals surface area contributed by atoms with E-state index in [-0.39, 0.29) is 74.4 Å². The number of fused-ring (bicyclic) bond motifs is 5. The van der Waals surface area contributed by atoms with E-state index in [0.717, 1.165) is 25.7 Å². The molecule has 142 valence electrons. The Morgan fingerprint density at radius 3 is 2.74 bits per heavy atom. The quantitative estimate of drug-likeness (QED) is 0.574. The van der Waals surface area contributed by atoms with Gasteiger partial charge < -0.3 is 5.11 Å². The van der Waals surface area contributed by atoms with Crippen molar-refractivity contribution in [3.05, 3.63) is 36.0 Å². The fraction of sp³-hybridized carbons (Fsp3) is 0.652. The van der Waals surface area contributed by atoms with Crippen molar-refractivity contribution in [1.82, 2.24) is 0 Å². The van der Waals surface area contributed by atoms with E-state index in [9.17, 15) is 9.59 Å². The second-order valence-corrected chi connectivity index (χ2v) is 9.52. The Bertz CT molecular complexity index is 736. The van der Waals surface area contributed by atoms with Gasteiger partial charge in [-0.25, -0.2) is 0 Å². The third-order valence-corrected chi connectivity index (χ3v) is 8.37. The van der Waals surface area contributed by atoms with Crippen LogP contribution in [0.15, 0.2) is 36.0 Å². The molecule has 0 saturated heterocycles. The number of aliphatic carboxylic acids is 1. The molecule has 4 rings (SSSR count). The number of allylic oxidation sites excluding steroid dienone is 5. The van der Waals surface area contributed by atoms with E-state index < -0.39 is 5.97 Å². The Labute approximate surface area is 205 Å². The van der Waals surface area contributed by atoms with Crippen molar-refractivity contribution >= 4 is 63.1 Å². The molecule has 4 heteroatoms. The summed E-state index contributed by atoms with van der Waals surface area (Å²) in [4.78, 5) is 23.0. The number of ketones is 1. The molecule has 2 fully saturated rings. The average Bonchev–Trinajstić information content (AvgIpc) is 2.83. The summed E-state index contributed by atoms with van der Waals surface area (Å²) in [7, 11) is 0. The van der Waals surface area contributed by atoms with Crippen LogP contribution in [-0.4, -0.2) is 68.2 Å². The van der Waals surface area contributed by atoms with Crippen molar-refractivity contribution in [3.8, 4) is 0 Å². The summed E-state index contributed by atoms with van der Waals surface area (Å²) in [6, 6.07) is 0. The van der Waals surface area contributed by atoms with Crippen LogP contribution in [0.5, 0.6) is 0 Å². The van der Waals surface area contributed by atoms with Crippen LogP contribution in [-0.2, 0) is 9.59 Å². The first-order valence-electron chi connectivity index (χ1n) is 10.1. The zero-order chi connectivity index (χ0) is 18.7. The maximum atomic E-state index is 11.9. The summed E-state index contributed by atoms with van der Waals surface area (Å²) in [5, 5.41) is 9.14. The van der Waals surface area contributed by atoms with Gasteiger partial charge >= 0.3 is 57.4 Å². The SMILES string of the molecule is C=C1C[C@H]2[C@@H]3C=CC4=CC(=O)CC[C@]4(C)[C@H]3CC[C@]2(C)[C@H]1CCC(=O)O.[KH]. The molecule has 2 saturated carbocycles. The minimum atomic E-state index is -0.703. The van der Waals surface area contributed by atoms with Gasteiger partial charge in [-0.1, -0.05) is 38.2 Å². The van der Waals surface area contributed by atoms with Crippen molar-refractivity contribution in [1.29, 1.82) is 0 Å². The Balaban J connectivity index is 0.00000210. The first-order valence-corrected chi connectivity index (χ1v) is 10.1. The first-order chi connectivity index (χ1) is 12.3. The van der Waals surface area contributed by atoms with Crippen LogP contribution < -0.4 is 0 Å². The predicted molar refractivity (Wildman–Crippen MR) is 109 cm³/mol. The molecule has 0 amide bonds. The molecule has 27 heavy (non-hydrogen) atoms. The molecule has 0 aromatic rings. The molecule has 0 spiro atoms. The molecule has 0 radical (unpaired) electrons. The number of carboxylic acids is 1. The standard InChI is InChI=1S/C23H30O3.K.H/c1-14-12-20-17-5-4-15-13-16(24)8-10-22(15,2)19(17)9-11-23(20,3)18(14)6-7-21(25)26;;/h4-5,13,17-20H,1,6-12H2,2-3H3,(H,25,26);;/t17-,18+,19+,20+,22+,23-;;/m1../s1. The second-order valence-electron chi connectivity index (χ2n) is 9.52. The summed E-state index contributed by atoms with van der Waals surface area (Å²) < 4.78 is 0. The fourth-order valence-corrected chi connectivity index (χ4v) is 6.86. The van der Waals surface area contributed by atoms with Crippen LogP contribution in [0.2, 0.25) is 0 Å². The van der Waals surface area contributed by atoms with Crippen LogP contribution in [0, 0.1) is 34.5 Å². The molecule has 0 aromatic carbocycles. The third-order valence-electron chi connectivity index (χ3n) is 8.37. The van der Waals surface area contributed by atoms with Crippen LogP contribution in [0.4, 0.5) is 0 Å². The number of carbonyl (C=O) groups excluding carboxylic acids is 1. The van der Waals surface area contributed by atoms with Crippen LogP contribution in [0.3, 0.4) is 0 Å². The average molecular weight is 395 g/mol. The Kier molecular flexibility index (Phi) is 6.17. The van der Waals surface area contributed by atoms with Gasteiger partial charge in [0.15, 0.2) is 5.78 Å². The number of hydrogen-bond acceptors (Lipinski definition) is 2. The van der Waals surface area contributed by atoms with Gasteiger partial charge in [0.05, 0.1) is 0 Å². The minimum absolute atomic E-state index is 0. The van der Waals surface area contributed by atoms with Gasteiger partial charge in [0, 0.05) is 12.8 Å². The van der Waals surface area contributed by atoms with E-state index in [0.29, 0.717) is 30.1 Å². The van der Waals surface area contributed by atoms with Crippen molar-refractivity contribution in [2.24, 2.45) is 34.5 Å². The molecule has 0 heterocycles. The molecule has 0 aliphatic heterocycles. The topological polar surface area (TPSA) is 54.4 Å². The van der Waals surface area contributed by atoms with Crippen molar-refractivity contribution in [2.45, 2.75) is 58.8 Å². The third kappa shape index (κ3) is 3.44. The second kappa shape index (κ2) is 7.68. The molecule has 0 unspecified atom stereocenters. The van der Waals surface area contributed by atoms with Crippen LogP contribution >= 0.6 is 0 Å². The van der Waals surface area contributed by atoms with E-state index >= 15 is 0 Å². The summed E-state index contributed by atoms with van der Waals surface area (Å²) in [6.07, 6.45) is 12.4. The molecular formula is C23H31KO3. The maximum absolute atomic E-state index is 11.9. The molecule has 0 bridgehead atoms. The van der Waals surface area contributed by atoms with Gasteiger partial charge in [-0.05, 0) is 78.3 Å². The van der Waals surface area contributed by atoms with E-state index in [1.54, 1.807) is 0 Å². The predicted octanol–water partition coefficient (Wildman–Crippen LogP) is 4.29. The Hall–Kier alpha value is -0.00364. The fourth-order valence-electron chi connectivity index (χ4n) is 6.86. The van der Waals surface area contributed by atoms with Gasteiger partial charge in [-0.15, -0.1) is 0 Å². The van der Waals surface area contributed by atoms with Gasteiger partial charge in [0.1, 0.15) is 0 Å². The number of rotatable bonds is 3. The van der Waals surface area contributed by atoms with Crippen LogP contribution in [0.25, 0.3) is 0 Å². The van der Waals surface area contributed by atoms with E-state index in [1.165, 1.54) is 17.6 Å². The monoisotopic (exact) mass is 394 g/mol. The van der Waals surface area contributed by atoms with Crippen LogP contribution in [0.1, 0.15) is 58.8 Å². The summed E-state index contributed by atoms with van der Waals surface area (Å²) >= 11 is 0. The number of carbonyl (C=O) groups is 2. The molecule has 0 aromatic heterocycles. The normalized spacial score (nSPS) is 42.5. The first kappa shape index (κ1) is 21.7. The van der Waals surface area contributed by atoms with Gasteiger partial charge in [0.2, 0.25) is 0 Å². The summed E-state index contributed by atoms with van der Waals surface area (Å²) in [6.45, 7) is 9.10. The zero-order valence-corrected chi connectivity index (χ0v) is 16.0. The Morgan fingerprint density at radius 2 is 2.04 bits per heavy atom. The zero-order valence-electron chi connectivity index (χ0n) is 16.0. The molecular weight excluding hydrogens is 363 g/mol. The van der Waals surface area contributed by atoms with Crippen molar-refractivity contribution < 1.29 is 14.7 Å². The number of hydrogen-bond donors (Lipinski definition) is 1. The molecule has 3 nitrogen and oxygen atoms in total. The number of carboxylic acid groups (broad SMARTS) is 1. The van der Waals surface area contributed by atoms with Crippen molar-refractivity contribution in [2.75, 3.05) is 0 Å². The van der Waals surface area contributed by atoms with E-state index in [4.69, 9.17) is 5.11 Å². The Morgan fingerprint density at radius 1 is 1.30 bits per heavy atom. The van der Waals surface area contributed by atoms with E-state index in [1.807, 2.05) is 6.08 Å². The molecule has 4 aliphatic rings. The molecule has 4 aliphatic carbocycles. The molecule has 1 N–H and O–H groups in total. The van der Waals surface area contributed by atoms with Gasteiger partial charge in [-0.3, -0.25) is 9.59 Å². The molecule has 6 atom stereocenters. The van der Waals surface area contributed by atoms with E-state index in [2.05, 4.69) is 32.6 Å². The summed E-state index contributed by atoms with van der Waals surface area (Å²) in [5.74, 6) is 1.57.